The average Bonchev–Trinajstić information content (AvgIpc) is 3.20. The van der Waals surface area contributed by atoms with Crippen LogP contribution in [0.4, 0.5) is 13.9 Å². The number of anilines is 1. The number of ether oxygens (including phenoxy) is 2. The van der Waals surface area contributed by atoms with Crippen molar-refractivity contribution in [3.05, 3.63) is 70.1 Å². The van der Waals surface area contributed by atoms with Crippen LogP contribution in [-0.2, 0) is 0 Å². The zero-order valence-electron chi connectivity index (χ0n) is 18.5. The third kappa shape index (κ3) is 5.10. The molecule has 3 aromatic heterocycles. The monoisotopic (exact) mass is 514 g/mol. The highest BCUT2D eigenvalue weighted by atomic mass is 32.1. The van der Waals surface area contributed by atoms with Gasteiger partial charge in [-0.25, -0.2) is 9.97 Å². The lowest BCUT2D eigenvalue weighted by molar-refractivity contribution is -0.0511. The minimum absolute atomic E-state index is 0.0963. The van der Waals surface area contributed by atoms with Crippen LogP contribution in [0.5, 0.6) is 11.5 Å². The minimum atomic E-state index is -3.01. The first kappa shape index (κ1) is 23.2. The van der Waals surface area contributed by atoms with Gasteiger partial charge < -0.3 is 9.47 Å². The summed E-state index contributed by atoms with van der Waals surface area (Å²) in [5, 5.41) is 7.22. The van der Waals surface area contributed by atoms with E-state index in [1.54, 1.807) is 41.8 Å². The fourth-order valence-electron chi connectivity index (χ4n) is 3.52. The summed E-state index contributed by atoms with van der Waals surface area (Å²) in [6, 6.07) is 4.64. The number of carbonyl (C=O) groups excluding carboxylic acids is 1. The summed E-state index contributed by atoms with van der Waals surface area (Å²) in [6.07, 6.45) is 7.30. The lowest BCUT2D eigenvalue weighted by Gasteiger charge is -2.14. The van der Waals surface area contributed by atoms with Gasteiger partial charge in [0.15, 0.2) is 21.6 Å². The molecule has 1 N–H and O–H groups in total. The van der Waals surface area contributed by atoms with E-state index in [0.29, 0.717) is 38.7 Å². The van der Waals surface area contributed by atoms with E-state index in [0.717, 1.165) is 18.5 Å². The minimum Gasteiger partial charge on any atom is -0.458 e. The summed E-state index contributed by atoms with van der Waals surface area (Å²) in [5.41, 5.74) is 2.22. The molecule has 0 atom stereocenters. The topological polar surface area (TPSA) is 77.8 Å². The second-order valence-corrected chi connectivity index (χ2v) is 9.63. The molecule has 180 valence electrons. The van der Waals surface area contributed by atoms with Gasteiger partial charge in [-0.2, -0.15) is 8.78 Å². The number of hydrogen-bond acceptors (Lipinski definition) is 7. The molecule has 0 radical (unpaired) electrons. The first-order valence-electron chi connectivity index (χ1n) is 10.7. The summed E-state index contributed by atoms with van der Waals surface area (Å²) in [7, 11) is 0. The molecule has 1 amide bonds. The number of halogens is 2. The van der Waals surface area contributed by atoms with E-state index >= 15 is 0 Å². The van der Waals surface area contributed by atoms with Gasteiger partial charge in [0.05, 0.1) is 17.1 Å². The molecule has 1 fully saturated rings. The molecule has 0 bridgehead atoms. The van der Waals surface area contributed by atoms with Crippen molar-refractivity contribution in [2.24, 2.45) is 0 Å². The Morgan fingerprint density at radius 1 is 1.29 bits per heavy atom. The Bertz CT molecular complexity index is 1440. The maximum absolute atomic E-state index is 13.2. The van der Waals surface area contributed by atoms with Gasteiger partial charge in [-0.1, -0.05) is 18.7 Å². The highest BCUT2D eigenvalue weighted by Gasteiger charge is 2.27. The maximum atomic E-state index is 13.2. The Balaban J connectivity index is 1.47. The Morgan fingerprint density at radius 2 is 2.11 bits per heavy atom. The molecule has 0 aliphatic heterocycles. The van der Waals surface area contributed by atoms with Gasteiger partial charge in [0.25, 0.3) is 5.91 Å². The van der Waals surface area contributed by atoms with Crippen LogP contribution in [-0.4, -0.2) is 26.9 Å². The summed E-state index contributed by atoms with van der Waals surface area (Å²) in [5.74, 6) is 0.430. The Labute approximate surface area is 207 Å². The molecule has 11 heteroatoms. The van der Waals surface area contributed by atoms with Gasteiger partial charge in [0.1, 0.15) is 5.69 Å². The molecule has 0 unspecified atom stereocenters. The van der Waals surface area contributed by atoms with E-state index in [-0.39, 0.29) is 17.4 Å². The molecule has 4 aromatic rings. The maximum Gasteiger partial charge on any atom is 0.387 e. The molecule has 1 aliphatic rings. The number of nitrogens with zero attached hydrogens (tertiary/aromatic N) is 3. The average molecular weight is 515 g/mol. The van der Waals surface area contributed by atoms with Crippen LogP contribution in [0.25, 0.3) is 17.1 Å². The molecule has 0 saturated heterocycles. The number of fused-ring (bicyclic) bond motifs is 1. The number of rotatable bonds is 9. The zero-order valence-corrected chi connectivity index (χ0v) is 20.2. The third-order valence-corrected chi connectivity index (χ3v) is 6.70. The first-order chi connectivity index (χ1) is 16.9. The number of amides is 1. The summed E-state index contributed by atoms with van der Waals surface area (Å²) >= 11 is 2.78. The molecule has 5 rings (SSSR count). The molecular formula is C24H20F2N4O3S2. The predicted octanol–water partition coefficient (Wildman–Crippen LogP) is 6.67. The molecule has 1 aliphatic carbocycles. The van der Waals surface area contributed by atoms with E-state index in [1.165, 1.54) is 28.7 Å². The van der Waals surface area contributed by atoms with Crippen LogP contribution in [0.2, 0.25) is 0 Å². The van der Waals surface area contributed by atoms with Crippen molar-refractivity contribution in [1.29, 1.82) is 0 Å². The van der Waals surface area contributed by atoms with Gasteiger partial charge in [-0.05, 0) is 38.0 Å². The number of carbonyl (C=O) groups is 1. The number of para-hydroxylation sites is 1. The number of aromatic nitrogens is 3. The van der Waals surface area contributed by atoms with E-state index in [9.17, 15) is 13.6 Å². The van der Waals surface area contributed by atoms with Crippen molar-refractivity contribution < 1.29 is 23.0 Å². The van der Waals surface area contributed by atoms with Gasteiger partial charge in [-0.15, -0.1) is 22.7 Å². The number of nitrogens with one attached hydrogen (secondary N) is 1. The summed E-state index contributed by atoms with van der Waals surface area (Å²) in [4.78, 5) is 23.0. The van der Waals surface area contributed by atoms with Gasteiger partial charge in [0.2, 0.25) is 0 Å². The van der Waals surface area contributed by atoms with E-state index < -0.39 is 6.61 Å². The normalized spacial score (nSPS) is 13.6. The zero-order chi connectivity index (χ0) is 24.5. The number of benzene rings is 1. The van der Waals surface area contributed by atoms with Crippen molar-refractivity contribution in [2.45, 2.75) is 32.3 Å². The number of imidazole rings is 1. The fraction of sp³-hybridized carbons (Fsp3) is 0.208. The summed E-state index contributed by atoms with van der Waals surface area (Å²) in [6.45, 7) is 2.28. The molecule has 0 spiro atoms. The van der Waals surface area contributed by atoms with Crippen molar-refractivity contribution in [3.63, 3.8) is 0 Å². The molecular weight excluding hydrogens is 494 g/mol. The highest BCUT2D eigenvalue weighted by molar-refractivity contribution is 7.15. The van der Waals surface area contributed by atoms with Crippen molar-refractivity contribution in [3.8, 4) is 11.5 Å². The van der Waals surface area contributed by atoms with Crippen LogP contribution < -0.4 is 14.8 Å². The largest absolute Gasteiger partial charge is 0.458 e. The number of hydrogen-bond donors (Lipinski definition) is 1. The lowest BCUT2D eigenvalue weighted by atomic mass is 10.1. The predicted molar refractivity (Wildman–Crippen MR) is 133 cm³/mol. The van der Waals surface area contributed by atoms with E-state index in [2.05, 4.69) is 26.6 Å². The Hall–Kier alpha value is -3.57. The van der Waals surface area contributed by atoms with Crippen LogP contribution in [0.1, 0.15) is 53.1 Å². The molecule has 35 heavy (non-hydrogen) atoms. The van der Waals surface area contributed by atoms with Crippen LogP contribution in [0, 0.1) is 0 Å². The molecule has 7 nitrogen and oxygen atoms in total. The van der Waals surface area contributed by atoms with Crippen LogP contribution in [0.3, 0.4) is 0 Å². The van der Waals surface area contributed by atoms with Crippen LogP contribution in [0.15, 0.2) is 47.5 Å². The summed E-state index contributed by atoms with van der Waals surface area (Å²) < 4.78 is 37.7. The second kappa shape index (κ2) is 9.59. The van der Waals surface area contributed by atoms with E-state index in [4.69, 9.17) is 4.74 Å². The standard InChI is InChI=1S/C24H20F2N4O3S2/c1-13(2)32-20-15(4-3-5-18(20)33-22(25)26)8-9-16-19(30-10-11-34-24(30)28-16)21(31)29-23-27-17(12-35-23)14-6-7-14/h3-5,8-12,14,22H,1,6-7H2,2H3,(H,27,29,31)/b9-8+. The quantitative estimate of drug-likeness (QED) is 0.253. The smallest absolute Gasteiger partial charge is 0.387 e. The van der Waals surface area contributed by atoms with Gasteiger partial charge in [-0.3, -0.25) is 14.5 Å². The second-order valence-electron chi connectivity index (χ2n) is 7.90. The van der Waals surface area contributed by atoms with Crippen molar-refractivity contribution in [1.82, 2.24) is 14.4 Å². The third-order valence-electron chi connectivity index (χ3n) is 5.16. The number of thiazole rings is 2. The lowest BCUT2D eigenvalue weighted by Crippen LogP contribution is -2.15. The Kier molecular flexibility index (Phi) is 6.35. The van der Waals surface area contributed by atoms with Gasteiger partial charge in [0, 0.05) is 28.4 Å². The highest BCUT2D eigenvalue weighted by Crippen LogP contribution is 2.41. The Morgan fingerprint density at radius 3 is 2.86 bits per heavy atom. The van der Waals surface area contributed by atoms with E-state index in [1.807, 2.05) is 10.8 Å². The molecule has 3 heterocycles. The molecule has 1 saturated carbocycles. The fourth-order valence-corrected chi connectivity index (χ4v) is 5.02. The molecule has 1 aromatic carbocycles. The SMILES string of the molecule is C=C(C)Oc1c(/C=C/c2nc3sccn3c2C(=O)Nc2nc(C3CC3)cs2)cccc1OC(F)F. The van der Waals surface area contributed by atoms with Crippen molar-refractivity contribution in [2.75, 3.05) is 5.32 Å². The number of alkyl halides is 2. The number of allylic oxidation sites excluding steroid dienone is 1. The van der Waals surface area contributed by atoms with Crippen molar-refractivity contribution >= 4 is 50.8 Å². The first-order valence-corrected chi connectivity index (χ1v) is 12.5. The van der Waals surface area contributed by atoms with Crippen LogP contribution >= 0.6 is 22.7 Å². The van der Waals surface area contributed by atoms with Gasteiger partial charge >= 0.3 is 6.61 Å².